The van der Waals surface area contributed by atoms with Crippen LogP contribution < -0.4 is 2.89 Å². The predicted octanol–water partition coefficient (Wildman–Crippen LogP) is 3.73. The van der Waals surface area contributed by atoms with Crippen LogP contribution in [0, 0.1) is 6.92 Å². The zero-order valence-corrected chi connectivity index (χ0v) is 14.0. The van der Waals surface area contributed by atoms with Gasteiger partial charge in [-0.15, -0.1) is 0 Å². The maximum absolute atomic E-state index is 2.53. The van der Waals surface area contributed by atoms with Gasteiger partial charge >= 0.3 is 97.0 Å². The fraction of sp³-hybridized carbons (Fsp3) is 0.667. The second-order valence-corrected chi connectivity index (χ2v) is 21.4. The molecule has 1 aromatic rings. The van der Waals surface area contributed by atoms with E-state index in [9.17, 15) is 0 Å². The second-order valence-electron chi connectivity index (χ2n) is 4.90. The van der Waals surface area contributed by atoms with Crippen molar-refractivity contribution in [3.8, 4) is 0 Å². The summed E-state index contributed by atoms with van der Waals surface area (Å²) in [4.78, 5) is 9.15. The van der Waals surface area contributed by atoms with Gasteiger partial charge in [-0.3, -0.25) is 0 Å². The van der Waals surface area contributed by atoms with Crippen molar-refractivity contribution in [2.45, 2.75) is 48.4 Å². The molecule has 1 heterocycles. The van der Waals surface area contributed by atoms with Crippen LogP contribution in [0.2, 0.25) is 14.8 Å². The van der Waals surface area contributed by atoms with Crippen molar-refractivity contribution in [2.24, 2.45) is 0 Å². The average molecular weight is 317 g/mol. The maximum atomic E-state index is 2.53. The van der Waals surface area contributed by atoms with Gasteiger partial charge in [0.25, 0.3) is 0 Å². The molecule has 0 saturated carbocycles. The summed E-state index contributed by atoms with van der Waals surface area (Å²) in [7, 11) is 0. The van der Waals surface area contributed by atoms with Crippen LogP contribution in [0.5, 0.6) is 0 Å². The molecule has 0 saturated heterocycles. The zero-order valence-electron chi connectivity index (χ0n) is 10.3. The van der Waals surface area contributed by atoms with Crippen molar-refractivity contribution in [2.75, 3.05) is 0 Å². The first kappa shape index (κ1) is 12.6. The fourth-order valence-corrected chi connectivity index (χ4v) is 10.9. The van der Waals surface area contributed by atoms with E-state index in [0.29, 0.717) is 0 Å². The van der Waals surface area contributed by atoms with E-state index in [1.54, 1.807) is 18.9 Å². The first-order chi connectivity index (χ1) is 6.41. The van der Waals surface area contributed by atoms with Gasteiger partial charge in [0, 0.05) is 0 Å². The van der Waals surface area contributed by atoms with Gasteiger partial charge in [-0.1, -0.05) is 0 Å². The third-order valence-electron chi connectivity index (χ3n) is 2.71. The Morgan fingerprint density at radius 3 is 1.86 bits per heavy atom. The van der Waals surface area contributed by atoms with E-state index in [2.05, 4.69) is 46.9 Å². The minimum absolute atomic E-state index is 1.22. The Bertz CT molecular complexity index is 318. The molecular weight excluding hydrogens is 295 g/mol. The van der Waals surface area contributed by atoms with Crippen molar-refractivity contribution in [3.05, 3.63) is 16.0 Å². The van der Waals surface area contributed by atoms with Gasteiger partial charge in [-0.05, 0) is 0 Å². The Labute approximate surface area is 96.6 Å². The molecule has 0 fully saturated rings. The molecule has 0 N–H and O–H groups in total. The Kier molecular flexibility index (Phi) is 4.10. The summed E-state index contributed by atoms with van der Waals surface area (Å²) in [6.07, 6.45) is 2.45. The third kappa shape index (κ3) is 2.35. The van der Waals surface area contributed by atoms with E-state index >= 15 is 0 Å². The molecule has 1 aromatic heterocycles. The van der Waals surface area contributed by atoms with Gasteiger partial charge in [0.1, 0.15) is 0 Å². The van der Waals surface area contributed by atoms with E-state index in [1.165, 1.54) is 12.8 Å². The number of rotatable bonds is 3. The molecule has 0 bridgehead atoms. The van der Waals surface area contributed by atoms with Crippen LogP contribution in [0.1, 0.15) is 29.9 Å². The first-order valence-corrected chi connectivity index (χ1v) is 16.3. The molecule has 0 amide bonds. The number of hydrogen-bond donors (Lipinski definition) is 0. The van der Waals surface area contributed by atoms with Crippen molar-refractivity contribution in [1.29, 1.82) is 0 Å². The standard InChI is InChI=1S/C9H13S.3CH3.Sn/c1-4-8-6-10-7(3)9(8)5-2;;;;/h4-5H2,1-3H3;3*1H3;. The summed E-state index contributed by atoms with van der Waals surface area (Å²) in [6, 6.07) is 0. The molecule has 1 rings (SSSR count). The van der Waals surface area contributed by atoms with Gasteiger partial charge in [0.2, 0.25) is 0 Å². The SMILES string of the molecule is CCc1c(C)s[c]([Sn]([CH3])([CH3])[CH3])c1CC. The Morgan fingerprint density at radius 1 is 1.00 bits per heavy atom. The van der Waals surface area contributed by atoms with E-state index < -0.39 is 18.4 Å². The molecule has 0 unspecified atom stereocenters. The van der Waals surface area contributed by atoms with Gasteiger partial charge < -0.3 is 0 Å². The van der Waals surface area contributed by atoms with Gasteiger partial charge in [0.05, 0.1) is 0 Å². The summed E-state index contributed by atoms with van der Waals surface area (Å²) >= 11 is 0.256. The molecular formula is C12H22SSn. The van der Waals surface area contributed by atoms with Crippen LogP contribution in [0.4, 0.5) is 0 Å². The van der Waals surface area contributed by atoms with Crippen molar-refractivity contribution >= 4 is 32.6 Å². The minimum atomic E-state index is -1.83. The van der Waals surface area contributed by atoms with Crippen molar-refractivity contribution in [1.82, 2.24) is 0 Å². The number of aryl methyl sites for hydroxylation is 1. The van der Waals surface area contributed by atoms with Crippen LogP contribution in [-0.2, 0) is 12.8 Å². The summed E-state index contributed by atoms with van der Waals surface area (Å²) in [5, 5.41) is 0. The molecule has 2 heteroatoms. The molecule has 0 aromatic carbocycles. The van der Waals surface area contributed by atoms with Gasteiger partial charge in [-0.25, -0.2) is 0 Å². The van der Waals surface area contributed by atoms with Crippen molar-refractivity contribution in [3.63, 3.8) is 0 Å². The van der Waals surface area contributed by atoms with Crippen molar-refractivity contribution < 1.29 is 0 Å². The quantitative estimate of drug-likeness (QED) is 0.745. The normalized spacial score (nSPS) is 12.1. The molecule has 14 heavy (non-hydrogen) atoms. The van der Waals surface area contributed by atoms with Gasteiger partial charge in [0.15, 0.2) is 0 Å². The van der Waals surface area contributed by atoms with E-state index in [-0.39, 0.29) is 0 Å². The summed E-state index contributed by atoms with van der Waals surface area (Å²) in [6.45, 7) is 6.89. The zero-order chi connectivity index (χ0) is 10.9. The third-order valence-corrected chi connectivity index (χ3v) is 13.4. The van der Waals surface area contributed by atoms with E-state index in [4.69, 9.17) is 0 Å². The summed E-state index contributed by atoms with van der Waals surface area (Å²) in [5.74, 6) is 0. The number of hydrogen-bond acceptors (Lipinski definition) is 1. The molecule has 0 aliphatic rings. The van der Waals surface area contributed by atoms with Gasteiger partial charge in [-0.2, -0.15) is 0 Å². The van der Waals surface area contributed by atoms with Crippen LogP contribution in [0.3, 0.4) is 0 Å². The molecule has 0 spiro atoms. The predicted molar refractivity (Wildman–Crippen MR) is 70.8 cm³/mol. The second kappa shape index (κ2) is 4.56. The van der Waals surface area contributed by atoms with Crippen LogP contribution >= 0.6 is 11.3 Å². The molecule has 0 radical (unpaired) electrons. The fourth-order valence-electron chi connectivity index (χ4n) is 2.07. The van der Waals surface area contributed by atoms with E-state index in [0.717, 1.165) is 0 Å². The van der Waals surface area contributed by atoms with Crippen LogP contribution in [0.15, 0.2) is 0 Å². The molecule has 0 aliphatic carbocycles. The van der Waals surface area contributed by atoms with E-state index in [1.807, 2.05) is 0 Å². The number of thiophene rings is 1. The Balaban J connectivity index is 3.31. The molecule has 0 aliphatic heterocycles. The molecule has 0 nitrogen and oxygen atoms in total. The Morgan fingerprint density at radius 2 is 1.50 bits per heavy atom. The summed E-state index contributed by atoms with van der Waals surface area (Å²) in [5.41, 5.74) is 3.36. The molecule has 0 atom stereocenters. The monoisotopic (exact) mass is 318 g/mol. The average Bonchev–Trinajstić information content (AvgIpc) is 2.40. The van der Waals surface area contributed by atoms with Crippen LogP contribution in [-0.4, -0.2) is 18.4 Å². The Hall–Kier alpha value is 0.499. The first-order valence-electron chi connectivity index (χ1n) is 5.53. The summed E-state index contributed by atoms with van der Waals surface area (Å²) < 4.78 is 1.80. The van der Waals surface area contributed by atoms with Crippen LogP contribution in [0.25, 0.3) is 0 Å². The molecule has 80 valence electrons. The topological polar surface area (TPSA) is 0 Å².